The van der Waals surface area contributed by atoms with Gasteiger partial charge in [0, 0.05) is 18.0 Å². The number of primary sulfonamides is 1. The van der Waals surface area contributed by atoms with E-state index in [4.69, 9.17) is 10.9 Å². The molecule has 0 aliphatic heterocycles. The summed E-state index contributed by atoms with van der Waals surface area (Å²) in [5.74, 6) is -0.124. The molecule has 9 heteroatoms. The Balaban J connectivity index is 3.09. The second-order valence-corrected chi connectivity index (χ2v) is 8.15. The maximum absolute atomic E-state index is 11.4. The van der Waals surface area contributed by atoms with Crippen molar-refractivity contribution in [1.29, 1.82) is 0 Å². The number of nitrogen functional groups attached to an aromatic ring is 1. The summed E-state index contributed by atoms with van der Waals surface area (Å²) in [5, 5.41) is 7.89. The molecule has 19 heavy (non-hydrogen) atoms. The largest absolute Gasteiger partial charge is 0.399 e. The van der Waals surface area contributed by atoms with Crippen molar-refractivity contribution in [2.75, 3.05) is 23.1 Å². The quantitative estimate of drug-likeness (QED) is 0.643. The molecule has 1 aromatic rings. The highest BCUT2D eigenvalue weighted by Crippen LogP contribution is 2.23. The molecule has 0 heterocycles. The third kappa shape index (κ3) is 5.05. The summed E-state index contributed by atoms with van der Waals surface area (Å²) >= 11 is 0. The van der Waals surface area contributed by atoms with Crippen LogP contribution in [0.15, 0.2) is 23.1 Å². The van der Waals surface area contributed by atoms with Gasteiger partial charge in [0.05, 0.1) is 11.4 Å². The molecule has 0 radical (unpaired) electrons. The van der Waals surface area contributed by atoms with E-state index >= 15 is 0 Å². The summed E-state index contributed by atoms with van der Waals surface area (Å²) in [6.07, 6.45) is 1.11. The van der Waals surface area contributed by atoms with Crippen LogP contribution < -0.4 is 16.2 Å². The monoisotopic (exact) mass is 307 g/mol. The number of sulfone groups is 1. The number of anilines is 2. The first-order chi connectivity index (χ1) is 8.49. The van der Waals surface area contributed by atoms with Crippen molar-refractivity contribution in [2.45, 2.75) is 17.9 Å². The van der Waals surface area contributed by atoms with Crippen LogP contribution in [0.2, 0.25) is 0 Å². The number of nitrogens with two attached hydrogens (primary N) is 2. The van der Waals surface area contributed by atoms with Gasteiger partial charge in [0.2, 0.25) is 10.0 Å². The molecular formula is C10H17N3O4S2. The van der Waals surface area contributed by atoms with Crippen molar-refractivity contribution in [3.05, 3.63) is 18.2 Å². The van der Waals surface area contributed by atoms with Crippen molar-refractivity contribution in [1.82, 2.24) is 0 Å². The summed E-state index contributed by atoms with van der Waals surface area (Å²) in [4.78, 5) is -0.159. The van der Waals surface area contributed by atoms with Gasteiger partial charge in [-0.05, 0) is 25.1 Å². The van der Waals surface area contributed by atoms with Crippen molar-refractivity contribution in [2.24, 2.45) is 5.14 Å². The molecule has 0 aliphatic carbocycles. The SMILES string of the molecule is CC(CS(C)(=O)=O)Nc1ccc(N)cc1S(N)(=O)=O. The molecule has 1 rings (SSSR count). The summed E-state index contributed by atoms with van der Waals surface area (Å²) in [6, 6.07) is 3.72. The van der Waals surface area contributed by atoms with Crippen LogP contribution in [0.4, 0.5) is 11.4 Å². The average molecular weight is 307 g/mol. The fourth-order valence-corrected chi connectivity index (χ4v) is 3.38. The number of sulfonamides is 1. The zero-order valence-corrected chi connectivity index (χ0v) is 12.3. The van der Waals surface area contributed by atoms with Crippen molar-refractivity contribution in [3.8, 4) is 0 Å². The Morgan fingerprint density at radius 3 is 2.32 bits per heavy atom. The predicted octanol–water partition coefficient (Wildman–Crippen LogP) is -0.239. The molecule has 0 aliphatic rings. The Kier molecular flexibility index (Phi) is 4.43. The first-order valence-electron chi connectivity index (χ1n) is 5.35. The first kappa shape index (κ1) is 15.7. The molecule has 5 N–H and O–H groups in total. The van der Waals surface area contributed by atoms with E-state index in [0.717, 1.165) is 6.26 Å². The molecule has 108 valence electrons. The van der Waals surface area contributed by atoms with E-state index in [1.165, 1.54) is 18.2 Å². The Hall–Kier alpha value is -1.32. The Bertz CT molecular complexity index is 668. The van der Waals surface area contributed by atoms with Gasteiger partial charge in [0.1, 0.15) is 14.7 Å². The van der Waals surface area contributed by atoms with E-state index in [-0.39, 0.29) is 22.0 Å². The molecule has 1 unspecified atom stereocenters. The van der Waals surface area contributed by atoms with E-state index in [1.54, 1.807) is 6.92 Å². The minimum Gasteiger partial charge on any atom is -0.399 e. The highest BCUT2D eigenvalue weighted by molar-refractivity contribution is 7.90. The lowest BCUT2D eigenvalue weighted by Gasteiger charge is -2.17. The van der Waals surface area contributed by atoms with Crippen LogP contribution in [0.1, 0.15) is 6.92 Å². The van der Waals surface area contributed by atoms with Gasteiger partial charge >= 0.3 is 0 Å². The molecule has 1 aromatic carbocycles. The van der Waals surface area contributed by atoms with Crippen molar-refractivity contribution < 1.29 is 16.8 Å². The van der Waals surface area contributed by atoms with Gasteiger partial charge in [-0.3, -0.25) is 0 Å². The highest BCUT2D eigenvalue weighted by Gasteiger charge is 2.17. The summed E-state index contributed by atoms with van der Waals surface area (Å²) in [6.45, 7) is 1.63. The minimum absolute atomic E-state index is 0.124. The van der Waals surface area contributed by atoms with E-state index in [2.05, 4.69) is 5.32 Å². The van der Waals surface area contributed by atoms with Crippen LogP contribution in [0, 0.1) is 0 Å². The number of rotatable bonds is 5. The van der Waals surface area contributed by atoms with Gasteiger partial charge in [-0.15, -0.1) is 0 Å². The van der Waals surface area contributed by atoms with Crippen LogP contribution in [-0.4, -0.2) is 34.9 Å². The molecule has 0 fully saturated rings. The second kappa shape index (κ2) is 5.35. The molecule has 0 saturated carbocycles. The maximum atomic E-state index is 11.4. The first-order valence-corrected chi connectivity index (χ1v) is 8.96. The number of benzene rings is 1. The molecular weight excluding hydrogens is 290 g/mol. The fourth-order valence-electron chi connectivity index (χ4n) is 1.65. The second-order valence-electron chi connectivity index (χ2n) is 4.44. The van der Waals surface area contributed by atoms with Crippen molar-refractivity contribution >= 4 is 31.2 Å². The Morgan fingerprint density at radius 1 is 1.26 bits per heavy atom. The number of hydrogen-bond acceptors (Lipinski definition) is 6. The van der Waals surface area contributed by atoms with Crippen LogP contribution >= 0.6 is 0 Å². The summed E-state index contributed by atoms with van der Waals surface area (Å²) < 4.78 is 45.2. The lowest BCUT2D eigenvalue weighted by Crippen LogP contribution is -2.26. The zero-order chi connectivity index (χ0) is 14.8. The van der Waals surface area contributed by atoms with Gasteiger partial charge in [-0.2, -0.15) is 0 Å². The number of hydrogen-bond donors (Lipinski definition) is 3. The van der Waals surface area contributed by atoms with Gasteiger partial charge in [0.25, 0.3) is 0 Å². The normalized spacial score (nSPS) is 14.1. The Labute approximate surface area is 113 Å². The highest BCUT2D eigenvalue weighted by atomic mass is 32.2. The fraction of sp³-hybridized carbons (Fsp3) is 0.400. The summed E-state index contributed by atoms with van der Waals surface area (Å²) in [7, 11) is -7.11. The summed E-state index contributed by atoms with van der Waals surface area (Å²) in [5.41, 5.74) is 6.00. The van der Waals surface area contributed by atoms with Crippen LogP contribution in [0.25, 0.3) is 0 Å². The zero-order valence-electron chi connectivity index (χ0n) is 10.6. The molecule has 0 aromatic heterocycles. The van der Waals surface area contributed by atoms with Crippen LogP contribution in [-0.2, 0) is 19.9 Å². The average Bonchev–Trinajstić information content (AvgIpc) is 2.16. The van der Waals surface area contributed by atoms with E-state index < -0.39 is 25.9 Å². The third-order valence-electron chi connectivity index (χ3n) is 2.27. The molecule has 0 spiro atoms. The van der Waals surface area contributed by atoms with Crippen LogP contribution in [0.3, 0.4) is 0 Å². The topological polar surface area (TPSA) is 132 Å². The molecule has 0 saturated heterocycles. The third-order valence-corrected chi connectivity index (χ3v) is 4.32. The minimum atomic E-state index is -3.94. The Morgan fingerprint density at radius 2 is 1.84 bits per heavy atom. The van der Waals surface area contributed by atoms with E-state index in [1.807, 2.05) is 0 Å². The predicted molar refractivity (Wildman–Crippen MR) is 75.0 cm³/mol. The van der Waals surface area contributed by atoms with Gasteiger partial charge < -0.3 is 11.1 Å². The van der Waals surface area contributed by atoms with Gasteiger partial charge in [0.15, 0.2) is 0 Å². The smallest absolute Gasteiger partial charge is 0.240 e. The van der Waals surface area contributed by atoms with Crippen molar-refractivity contribution in [3.63, 3.8) is 0 Å². The van der Waals surface area contributed by atoms with Gasteiger partial charge in [-0.25, -0.2) is 22.0 Å². The van der Waals surface area contributed by atoms with Crippen LogP contribution in [0.5, 0.6) is 0 Å². The maximum Gasteiger partial charge on any atom is 0.240 e. The number of nitrogens with one attached hydrogen (secondary N) is 1. The van der Waals surface area contributed by atoms with E-state index in [9.17, 15) is 16.8 Å². The van der Waals surface area contributed by atoms with Gasteiger partial charge in [-0.1, -0.05) is 0 Å². The van der Waals surface area contributed by atoms with E-state index in [0.29, 0.717) is 0 Å². The lowest BCUT2D eigenvalue weighted by molar-refractivity contribution is 0.597. The lowest BCUT2D eigenvalue weighted by atomic mass is 10.2. The standard InChI is InChI=1S/C10H17N3O4S2/c1-7(6-18(2,14)15)13-9-4-3-8(11)5-10(9)19(12,16)17/h3-5,7,13H,6,11H2,1-2H3,(H2,12,16,17). The molecule has 7 nitrogen and oxygen atoms in total. The molecule has 0 bridgehead atoms. The molecule has 0 amide bonds. The molecule has 1 atom stereocenters.